The molecule has 4 nitrogen and oxygen atoms in total. The molecule has 3 rings (SSSR count). The summed E-state index contributed by atoms with van der Waals surface area (Å²) in [4.78, 5) is 16.6. The number of carbonyl (C=O) groups excluding carboxylic acids is 1. The van der Waals surface area contributed by atoms with Crippen LogP contribution in [0.1, 0.15) is 11.1 Å². The van der Waals surface area contributed by atoms with Crippen molar-refractivity contribution in [1.82, 2.24) is 10.2 Å². The predicted molar refractivity (Wildman–Crippen MR) is 101 cm³/mol. The van der Waals surface area contributed by atoms with E-state index in [1.165, 1.54) is 11.3 Å². The van der Waals surface area contributed by atoms with Crippen LogP contribution in [0.15, 0.2) is 53.0 Å². The molecule has 0 bridgehead atoms. The molecular formula is C19H22BrN3O. The van der Waals surface area contributed by atoms with E-state index in [0.717, 1.165) is 36.2 Å². The number of piperazine rings is 1. The van der Waals surface area contributed by atoms with Crippen LogP contribution in [0.2, 0.25) is 0 Å². The Morgan fingerprint density at radius 2 is 1.83 bits per heavy atom. The molecule has 1 aliphatic rings. The normalized spacial score (nSPS) is 14.6. The number of benzene rings is 2. The highest BCUT2D eigenvalue weighted by molar-refractivity contribution is 9.10. The molecule has 0 saturated carbocycles. The molecule has 1 aliphatic heterocycles. The van der Waals surface area contributed by atoms with E-state index in [1.54, 1.807) is 0 Å². The van der Waals surface area contributed by atoms with Crippen LogP contribution in [-0.2, 0) is 6.54 Å². The molecule has 2 aromatic carbocycles. The van der Waals surface area contributed by atoms with Crippen molar-refractivity contribution in [2.24, 2.45) is 0 Å². The first-order valence-corrected chi connectivity index (χ1v) is 9.00. The fraction of sp³-hybridized carbons (Fsp3) is 0.316. The van der Waals surface area contributed by atoms with E-state index in [-0.39, 0.29) is 6.03 Å². The van der Waals surface area contributed by atoms with Gasteiger partial charge in [-0.2, -0.15) is 0 Å². The van der Waals surface area contributed by atoms with Crippen molar-refractivity contribution in [3.63, 3.8) is 0 Å². The number of halogens is 1. The Morgan fingerprint density at radius 1 is 1.08 bits per heavy atom. The Kier molecular flexibility index (Phi) is 5.41. The second kappa shape index (κ2) is 7.71. The summed E-state index contributed by atoms with van der Waals surface area (Å²) in [5.74, 6) is 0. The highest BCUT2D eigenvalue weighted by atomic mass is 79.9. The zero-order chi connectivity index (χ0) is 16.9. The highest BCUT2D eigenvalue weighted by Crippen LogP contribution is 2.21. The van der Waals surface area contributed by atoms with Crippen LogP contribution in [0, 0.1) is 6.92 Å². The zero-order valence-electron chi connectivity index (χ0n) is 13.8. The van der Waals surface area contributed by atoms with Crippen LogP contribution >= 0.6 is 15.9 Å². The number of aryl methyl sites for hydroxylation is 1. The Morgan fingerprint density at radius 3 is 2.54 bits per heavy atom. The van der Waals surface area contributed by atoms with Gasteiger partial charge in [0, 0.05) is 42.9 Å². The van der Waals surface area contributed by atoms with E-state index in [4.69, 9.17) is 0 Å². The van der Waals surface area contributed by atoms with E-state index in [9.17, 15) is 4.79 Å². The molecule has 24 heavy (non-hydrogen) atoms. The first-order chi connectivity index (χ1) is 11.6. The van der Waals surface area contributed by atoms with Gasteiger partial charge in [0.15, 0.2) is 0 Å². The third kappa shape index (κ3) is 4.29. The SMILES string of the molecule is Cc1cccc(CNC(=O)N2CCN(c3cccc(Br)c3)CC2)c1. The van der Waals surface area contributed by atoms with Crippen molar-refractivity contribution in [3.05, 3.63) is 64.1 Å². The summed E-state index contributed by atoms with van der Waals surface area (Å²) in [7, 11) is 0. The fourth-order valence-corrected chi connectivity index (χ4v) is 3.34. The maximum Gasteiger partial charge on any atom is 0.317 e. The maximum atomic E-state index is 12.3. The number of nitrogens with one attached hydrogen (secondary N) is 1. The van der Waals surface area contributed by atoms with Crippen molar-refractivity contribution >= 4 is 27.6 Å². The minimum atomic E-state index is 0.0189. The molecule has 126 valence electrons. The van der Waals surface area contributed by atoms with Gasteiger partial charge in [-0.1, -0.05) is 51.8 Å². The molecule has 1 saturated heterocycles. The summed E-state index contributed by atoms with van der Waals surface area (Å²) < 4.78 is 1.08. The first-order valence-electron chi connectivity index (χ1n) is 8.21. The number of carbonyl (C=O) groups is 1. The summed E-state index contributed by atoms with van der Waals surface area (Å²) in [5, 5.41) is 3.02. The molecule has 0 atom stereocenters. The van der Waals surface area contributed by atoms with Crippen LogP contribution in [0.25, 0.3) is 0 Å². The second-order valence-electron chi connectivity index (χ2n) is 6.10. The lowest BCUT2D eigenvalue weighted by molar-refractivity contribution is 0.194. The lowest BCUT2D eigenvalue weighted by Crippen LogP contribution is -2.51. The van der Waals surface area contributed by atoms with Crippen molar-refractivity contribution in [2.45, 2.75) is 13.5 Å². The van der Waals surface area contributed by atoms with Crippen LogP contribution in [0.4, 0.5) is 10.5 Å². The Labute approximate surface area is 151 Å². The quantitative estimate of drug-likeness (QED) is 0.869. The first kappa shape index (κ1) is 16.8. The van der Waals surface area contributed by atoms with Gasteiger partial charge < -0.3 is 15.1 Å². The molecular weight excluding hydrogens is 366 g/mol. The maximum absolute atomic E-state index is 12.3. The summed E-state index contributed by atoms with van der Waals surface area (Å²) in [6.45, 7) is 5.83. The molecule has 0 radical (unpaired) electrons. The number of amides is 2. The van der Waals surface area contributed by atoms with E-state index >= 15 is 0 Å². The average Bonchev–Trinajstić information content (AvgIpc) is 2.60. The third-order valence-corrected chi connectivity index (χ3v) is 4.76. The summed E-state index contributed by atoms with van der Waals surface area (Å²) in [6, 6.07) is 16.5. The van der Waals surface area contributed by atoms with Crippen molar-refractivity contribution < 1.29 is 4.79 Å². The molecule has 0 unspecified atom stereocenters. The molecule has 0 aliphatic carbocycles. The Bertz CT molecular complexity index is 711. The van der Waals surface area contributed by atoms with Crippen molar-refractivity contribution in [1.29, 1.82) is 0 Å². The molecule has 1 N–H and O–H groups in total. The smallest absolute Gasteiger partial charge is 0.317 e. The molecule has 1 fully saturated rings. The lowest BCUT2D eigenvalue weighted by atomic mass is 10.1. The molecule has 2 amide bonds. The Hall–Kier alpha value is -2.01. The van der Waals surface area contributed by atoms with Gasteiger partial charge in [0.05, 0.1) is 0 Å². The van der Waals surface area contributed by atoms with Crippen LogP contribution < -0.4 is 10.2 Å². The number of urea groups is 1. The topological polar surface area (TPSA) is 35.6 Å². The van der Waals surface area contributed by atoms with Gasteiger partial charge >= 0.3 is 6.03 Å². The van der Waals surface area contributed by atoms with E-state index in [1.807, 2.05) is 29.2 Å². The van der Waals surface area contributed by atoms with E-state index in [2.05, 4.69) is 57.3 Å². The van der Waals surface area contributed by atoms with Gasteiger partial charge in [-0.3, -0.25) is 0 Å². The second-order valence-corrected chi connectivity index (χ2v) is 7.02. The molecule has 0 aromatic heterocycles. The van der Waals surface area contributed by atoms with Crippen LogP contribution in [-0.4, -0.2) is 37.1 Å². The average molecular weight is 388 g/mol. The lowest BCUT2D eigenvalue weighted by Gasteiger charge is -2.36. The Balaban J connectivity index is 1.50. The van der Waals surface area contributed by atoms with Gasteiger partial charge in [0.25, 0.3) is 0 Å². The van der Waals surface area contributed by atoms with Gasteiger partial charge in [-0.15, -0.1) is 0 Å². The molecule has 0 spiro atoms. The summed E-state index contributed by atoms with van der Waals surface area (Å²) in [6.07, 6.45) is 0. The van der Waals surface area contributed by atoms with Crippen LogP contribution in [0.3, 0.4) is 0 Å². The monoisotopic (exact) mass is 387 g/mol. The molecule has 5 heteroatoms. The zero-order valence-corrected chi connectivity index (χ0v) is 15.4. The molecule has 1 heterocycles. The largest absolute Gasteiger partial charge is 0.368 e. The van der Waals surface area contributed by atoms with Crippen molar-refractivity contribution in [2.75, 3.05) is 31.1 Å². The summed E-state index contributed by atoms with van der Waals surface area (Å²) in [5.41, 5.74) is 3.55. The minimum absolute atomic E-state index is 0.0189. The van der Waals surface area contributed by atoms with Gasteiger partial charge in [-0.25, -0.2) is 4.79 Å². The van der Waals surface area contributed by atoms with Crippen molar-refractivity contribution in [3.8, 4) is 0 Å². The summed E-state index contributed by atoms with van der Waals surface area (Å²) >= 11 is 3.51. The van der Waals surface area contributed by atoms with Crippen LogP contribution in [0.5, 0.6) is 0 Å². The molecule has 2 aromatic rings. The number of rotatable bonds is 3. The minimum Gasteiger partial charge on any atom is -0.368 e. The van der Waals surface area contributed by atoms with Gasteiger partial charge in [0.1, 0.15) is 0 Å². The third-order valence-electron chi connectivity index (χ3n) is 4.27. The standard InChI is InChI=1S/C19H22BrN3O/c1-15-4-2-5-16(12-15)14-21-19(24)23-10-8-22(9-11-23)18-7-3-6-17(20)13-18/h2-7,12-13H,8-11,14H2,1H3,(H,21,24). The fourth-order valence-electron chi connectivity index (χ4n) is 2.95. The highest BCUT2D eigenvalue weighted by Gasteiger charge is 2.21. The number of hydrogen-bond donors (Lipinski definition) is 1. The van der Waals surface area contributed by atoms with E-state index in [0.29, 0.717) is 6.54 Å². The van der Waals surface area contributed by atoms with E-state index < -0.39 is 0 Å². The predicted octanol–water partition coefficient (Wildman–Crippen LogP) is 3.79. The number of hydrogen-bond acceptors (Lipinski definition) is 2. The van der Waals surface area contributed by atoms with Gasteiger partial charge in [0.2, 0.25) is 0 Å². The number of nitrogens with zero attached hydrogens (tertiary/aromatic N) is 2. The number of anilines is 1. The van der Waals surface area contributed by atoms with Gasteiger partial charge in [-0.05, 0) is 30.7 Å².